The van der Waals surface area contributed by atoms with E-state index in [9.17, 15) is 18.0 Å². The third-order valence-corrected chi connectivity index (χ3v) is 8.69. The Labute approximate surface area is 206 Å². The number of anilines is 1. The molecule has 2 aromatic rings. The Morgan fingerprint density at radius 2 is 1.61 bits per heavy atom. The Hall–Kier alpha value is -1.88. The predicted molar refractivity (Wildman–Crippen MR) is 126 cm³/mol. The molecule has 0 unspecified atom stereocenters. The van der Waals surface area contributed by atoms with E-state index in [0.717, 1.165) is 4.90 Å². The molecule has 176 valence electrons. The second kappa shape index (κ2) is 9.40. The number of carbonyl (C=O) groups excluding carboxylic acids is 2. The van der Waals surface area contributed by atoms with E-state index in [1.165, 1.54) is 35.7 Å². The molecule has 1 atom stereocenters. The lowest BCUT2D eigenvalue weighted by molar-refractivity contribution is -0.123. The number of nitrogens with zero attached hydrogens (tertiary/aromatic N) is 3. The molecular formula is C21H20Cl3N3O5S. The van der Waals surface area contributed by atoms with Gasteiger partial charge in [0.2, 0.25) is 15.9 Å². The van der Waals surface area contributed by atoms with Gasteiger partial charge in [0, 0.05) is 26.2 Å². The van der Waals surface area contributed by atoms with Crippen molar-refractivity contribution >= 4 is 62.3 Å². The monoisotopic (exact) mass is 531 g/mol. The lowest BCUT2D eigenvalue weighted by atomic mass is 10.2. The molecule has 2 aliphatic heterocycles. The van der Waals surface area contributed by atoms with Crippen molar-refractivity contribution in [3.05, 3.63) is 51.5 Å². The van der Waals surface area contributed by atoms with Crippen molar-refractivity contribution in [2.45, 2.75) is 17.4 Å². The van der Waals surface area contributed by atoms with Crippen LogP contribution in [0.1, 0.15) is 6.42 Å². The Morgan fingerprint density at radius 1 is 0.909 bits per heavy atom. The molecule has 12 heteroatoms. The van der Waals surface area contributed by atoms with Crippen LogP contribution in [0, 0.1) is 0 Å². The maximum absolute atomic E-state index is 13.1. The number of methoxy groups -OCH3 is 1. The van der Waals surface area contributed by atoms with Crippen LogP contribution in [0.5, 0.6) is 5.75 Å². The van der Waals surface area contributed by atoms with E-state index in [1.807, 2.05) is 4.90 Å². The van der Waals surface area contributed by atoms with E-state index in [0.29, 0.717) is 29.5 Å². The summed E-state index contributed by atoms with van der Waals surface area (Å²) in [4.78, 5) is 28.7. The number of piperazine rings is 1. The summed E-state index contributed by atoms with van der Waals surface area (Å²) in [5.41, 5.74) is 0.374. The third-order valence-electron chi connectivity index (χ3n) is 5.76. The summed E-state index contributed by atoms with van der Waals surface area (Å²) >= 11 is 18.0. The first-order chi connectivity index (χ1) is 15.6. The van der Waals surface area contributed by atoms with Gasteiger partial charge in [0.25, 0.3) is 5.91 Å². The van der Waals surface area contributed by atoms with Crippen LogP contribution in [0.3, 0.4) is 0 Å². The number of benzene rings is 2. The fourth-order valence-electron chi connectivity index (χ4n) is 4.01. The minimum Gasteiger partial charge on any atom is -0.495 e. The van der Waals surface area contributed by atoms with Crippen molar-refractivity contribution in [1.82, 2.24) is 9.21 Å². The molecular weight excluding hydrogens is 513 g/mol. The first-order valence-electron chi connectivity index (χ1n) is 10.0. The number of imide groups is 1. The maximum atomic E-state index is 13.1. The topological polar surface area (TPSA) is 87.2 Å². The second-order valence-corrected chi connectivity index (χ2v) is 10.8. The number of halogens is 3. The minimum absolute atomic E-state index is 0.0159. The molecule has 0 spiro atoms. The van der Waals surface area contributed by atoms with E-state index < -0.39 is 16.1 Å². The van der Waals surface area contributed by atoms with Crippen LogP contribution in [0.15, 0.2) is 41.3 Å². The lowest BCUT2D eigenvalue weighted by Crippen LogP contribution is -2.53. The van der Waals surface area contributed by atoms with Crippen molar-refractivity contribution in [2.75, 3.05) is 38.2 Å². The van der Waals surface area contributed by atoms with Gasteiger partial charge in [0.1, 0.15) is 5.75 Å². The average molecular weight is 533 g/mol. The largest absolute Gasteiger partial charge is 0.495 e. The van der Waals surface area contributed by atoms with Crippen LogP contribution in [-0.2, 0) is 19.6 Å². The van der Waals surface area contributed by atoms with Gasteiger partial charge in [0.05, 0.1) is 45.2 Å². The summed E-state index contributed by atoms with van der Waals surface area (Å²) in [5, 5.41) is 0.720. The molecule has 0 bridgehead atoms. The van der Waals surface area contributed by atoms with Crippen molar-refractivity contribution in [1.29, 1.82) is 0 Å². The number of ether oxygens (including phenoxy) is 1. The molecule has 2 heterocycles. The fraction of sp³-hybridized carbons (Fsp3) is 0.333. The highest BCUT2D eigenvalue weighted by molar-refractivity contribution is 7.89. The molecule has 0 saturated carbocycles. The highest BCUT2D eigenvalue weighted by atomic mass is 35.5. The Balaban J connectivity index is 1.46. The SMILES string of the molecule is COc1ccc(N2C(=O)C[C@H](N3CCN(S(=O)(=O)c4ccc(Cl)c(Cl)c4)CC3)C2=O)cc1Cl. The molecule has 0 N–H and O–H groups in total. The minimum atomic E-state index is -3.76. The molecule has 8 nitrogen and oxygen atoms in total. The van der Waals surface area contributed by atoms with Crippen LogP contribution >= 0.6 is 34.8 Å². The standard InChI is InChI=1S/C21H20Cl3N3O5S/c1-32-19-5-2-13(10-17(19)24)27-20(28)12-18(21(27)29)25-6-8-26(9-7-25)33(30,31)14-3-4-15(22)16(23)11-14/h2-5,10-11,18H,6-9,12H2,1H3/t18-/m0/s1. The molecule has 0 aliphatic carbocycles. The van der Waals surface area contributed by atoms with Crippen LogP contribution in [0.2, 0.25) is 15.1 Å². The summed E-state index contributed by atoms with van der Waals surface area (Å²) in [5.74, 6) is -0.255. The average Bonchev–Trinajstić information content (AvgIpc) is 3.09. The number of sulfonamides is 1. The van der Waals surface area contributed by atoms with Crippen LogP contribution < -0.4 is 9.64 Å². The van der Waals surface area contributed by atoms with Crippen molar-refractivity contribution in [2.24, 2.45) is 0 Å². The zero-order valence-corrected chi connectivity index (χ0v) is 20.6. The summed E-state index contributed by atoms with van der Waals surface area (Å²) in [6, 6.07) is 8.22. The first kappa shape index (κ1) is 24.3. The van der Waals surface area contributed by atoms with Gasteiger partial charge in [-0.05, 0) is 36.4 Å². The van der Waals surface area contributed by atoms with Crippen LogP contribution in [0.25, 0.3) is 0 Å². The van der Waals surface area contributed by atoms with Gasteiger partial charge < -0.3 is 4.74 Å². The molecule has 2 amide bonds. The molecule has 0 aromatic heterocycles. The highest BCUT2D eigenvalue weighted by Crippen LogP contribution is 2.33. The van der Waals surface area contributed by atoms with Gasteiger partial charge in [-0.15, -0.1) is 0 Å². The second-order valence-electron chi connectivity index (χ2n) is 7.62. The van der Waals surface area contributed by atoms with Gasteiger partial charge in [0.15, 0.2) is 0 Å². The van der Waals surface area contributed by atoms with Crippen molar-refractivity contribution in [3.63, 3.8) is 0 Å². The van der Waals surface area contributed by atoms with Crippen molar-refractivity contribution < 1.29 is 22.7 Å². The van der Waals surface area contributed by atoms with E-state index in [1.54, 1.807) is 12.1 Å². The van der Waals surface area contributed by atoms with Gasteiger partial charge >= 0.3 is 0 Å². The van der Waals surface area contributed by atoms with E-state index >= 15 is 0 Å². The molecule has 0 radical (unpaired) electrons. The Bertz CT molecular complexity index is 1220. The smallest absolute Gasteiger partial charge is 0.251 e. The zero-order valence-electron chi connectivity index (χ0n) is 17.5. The molecule has 2 aromatic carbocycles. The summed E-state index contributed by atoms with van der Waals surface area (Å²) in [6.45, 7) is 0.965. The van der Waals surface area contributed by atoms with Crippen molar-refractivity contribution in [3.8, 4) is 5.75 Å². The molecule has 2 fully saturated rings. The Morgan fingerprint density at radius 3 is 2.21 bits per heavy atom. The van der Waals surface area contributed by atoms with Gasteiger partial charge in [-0.2, -0.15) is 4.31 Å². The molecule has 4 rings (SSSR count). The highest BCUT2D eigenvalue weighted by Gasteiger charge is 2.44. The summed E-state index contributed by atoms with van der Waals surface area (Å²) in [6.07, 6.45) is 0.0159. The third kappa shape index (κ3) is 4.58. The number of hydrogen-bond donors (Lipinski definition) is 0. The number of hydrogen-bond acceptors (Lipinski definition) is 6. The normalized spacial score (nSPS) is 20.5. The molecule has 33 heavy (non-hydrogen) atoms. The van der Waals surface area contributed by atoms with E-state index in [4.69, 9.17) is 39.5 Å². The quantitative estimate of drug-likeness (QED) is 0.549. The van der Waals surface area contributed by atoms with Gasteiger partial charge in [-0.1, -0.05) is 34.8 Å². The number of carbonyl (C=O) groups is 2. The van der Waals surface area contributed by atoms with Gasteiger partial charge in [-0.25, -0.2) is 13.3 Å². The Kier molecular flexibility index (Phi) is 6.91. The summed E-state index contributed by atoms with van der Waals surface area (Å²) < 4.78 is 32.4. The van der Waals surface area contributed by atoms with Crippen LogP contribution in [0.4, 0.5) is 5.69 Å². The zero-order chi connectivity index (χ0) is 23.9. The maximum Gasteiger partial charge on any atom is 0.251 e. The predicted octanol–water partition coefficient (Wildman–Crippen LogP) is 3.29. The fourth-order valence-corrected chi connectivity index (χ4v) is 6.07. The number of amides is 2. The first-order valence-corrected chi connectivity index (χ1v) is 12.6. The van der Waals surface area contributed by atoms with Crippen LogP contribution in [-0.4, -0.2) is 68.8 Å². The lowest BCUT2D eigenvalue weighted by Gasteiger charge is -2.36. The van der Waals surface area contributed by atoms with E-state index in [-0.39, 0.29) is 46.3 Å². The van der Waals surface area contributed by atoms with E-state index in [2.05, 4.69) is 0 Å². The molecule has 2 saturated heterocycles. The number of rotatable bonds is 5. The molecule has 2 aliphatic rings. The summed E-state index contributed by atoms with van der Waals surface area (Å²) in [7, 11) is -2.29. The van der Waals surface area contributed by atoms with Gasteiger partial charge in [-0.3, -0.25) is 14.5 Å².